The molecule has 3 aromatic heterocycles. The van der Waals surface area contributed by atoms with Crippen LogP contribution in [0.25, 0.3) is 22.4 Å². The van der Waals surface area contributed by atoms with Gasteiger partial charge >= 0.3 is 5.97 Å². The van der Waals surface area contributed by atoms with E-state index in [0.717, 1.165) is 36.0 Å². The summed E-state index contributed by atoms with van der Waals surface area (Å²) in [6, 6.07) is 7.97. The third-order valence-electron chi connectivity index (χ3n) is 12.8. The van der Waals surface area contributed by atoms with E-state index >= 15 is 0 Å². The van der Waals surface area contributed by atoms with Crippen LogP contribution in [-0.4, -0.2) is 76.7 Å². The van der Waals surface area contributed by atoms with Crippen LogP contribution in [0.1, 0.15) is 65.4 Å². The van der Waals surface area contributed by atoms with Gasteiger partial charge in [0, 0.05) is 41.8 Å². The van der Waals surface area contributed by atoms with Gasteiger partial charge in [0.15, 0.2) is 11.5 Å². The van der Waals surface area contributed by atoms with E-state index in [1.54, 1.807) is 12.5 Å². The normalized spacial score (nSPS) is 31.9. The number of carbonyl (C=O) groups is 2. The van der Waals surface area contributed by atoms with Gasteiger partial charge in [0.1, 0.15) is 36.0 Å². The maximum atomic E-state index is 13.7. The van der Waals surface area contributed by atoms with Crippen LogP contribution in [0.15, 0.2) is 55.8 Å². The van der Waals surface area contributed by atoms with Crippen LogP contribution >= 0.6 is 0 Å². The van der Waals surface area contributed by atoms with Crippen molar-refractivity contribution in [2.45, 2.75) is 85.1 Å². The summed E-state index contributed by atoms with van der Waals surface area (Å²) < 4.78 is 9.85. The number of anilines is 1. The maximum absolute atomic E-state index is 13.7. The number of ether oxygens (including phenoxy) is 1. The summed E-state index contributed by atoms with van der Waals surface area (Å²) in [4.78, 5) is 40.6. The molecule has 13 heteroatoms. The summed E-state index contributed by atoms with van der Waals surface area (Å²) in [6.07, 6.45) is 8.97. The zero-order chi connectivity index (χ0) is 36.1. The Morgan fingerprint density at radius 3 is 2.71 bits per heavy atom. The van der Waals surface area contributed by atoms with Crippen molar-refractivity contribution in [1.29, 1.82) is 0 Å². The molecule has 1 aromatic carbocycles. The quantitative estimate of drug-likeness (QED) is 0.158. The highest BCUT2D eigenvalue weighted by molar-refractivity contribution is 5.86. The molecule has 51 heavy (non-hydrogen) atoms. The Hall–Kier alpha value is -4.49. The molecule has 3 fully saturated rings. The minimum Gasteiger partial charge on any atom is -0.460 e. The number of hydrogen-bond acceptors (Lipinski definition) is 11. The lowest BCUT2D eigenvalue weighted by molar-refractivity contribution is -0.207. The van der Waals surface area contributed by atoms with E-state index in [-0.39, 0.29) is 35.5 Å². The topological polar surface area (TPSA) is 176 Å². The Balaban J connectivity index is 1.07. The van der Waals surface area contributed by atoms with E-state index in [0.29, 0.717) is 49.5 Å². The highest BCUT2D eigenvalue weighted by atomic mass is 16.5. The van der Waals surface area contributed by atoms with Crippen molar-refractivity contribution in [3.63, 3.8) is 0 Å². The Morgan fingerprint density at radius 2 is 1.96 bits per heavy atom. The smallest absolute Gasteiger partial charge is 0.328 e. The van der Waals surface area contributed by atoms with Gasteiger partial charge in [0.25, 0.3) is 0 Å². The number of ketones is 1. The van der Waals surface area contributed by atoms with Gasteiger partial charge in [0.05, 0.1) is 25.2 Å². The van der Waals surface area contributed by atoms with Crippen molar-refractivity contribution >= 4 is 28.7 Å². The number of nitrogens with zero attached hydrogens (tertiary/aromatic N) is 7. The van der Waals surface area contributed by atoms with E-state index in [1.807, 2.05) is 41.8 Å². The second kappa shape index (κ2) is 13.2. The van der Waals surface area contributed by atoms with Crippen molar-refractivity contribution in [2.24, 2.45) is 39.7 Å². The van der Waals surface area contributed by atoms with E-state index < -0.39 is 29.0 Å². The molecule has 0 amide bonds. The number of rotatable bonds is 10. The van der Waals surface area contributed by atoms with Crippen LogP contribution in [0.4, 0.5) is 5.82 Å². The first-order chi connectivity index (χ1) is 24.4. The number of aromatic nitrogens is 7. The number of aliphatic hydroxyl groups is 1. The summed E-state index contributed by atoms with van der Waals surface area (Å²) in [5.74, 6) is 0.237. The molecule has 8 atom stereocenters. The molecular formula is C38H49N9O4. The van der Waals surface area contributed by atoms with E-state index in [4.69, 9.17) is 10.5 Å². The zero-order valence-corrected chi connectivity index (χ0v) is 30.0. The minimum atomic E-state index is -0.711. The fourth-order valence-corrected chi connectivity index (χ4v) is 9.63. The van der Waals surface area contributed by atoms with Crippen molar-refractivity contribution in [2.75, 3.05) is 18.4 Å². The molecule has 0 saturated heterocycles. The van der Waals surface area contributed by atoms with Gasteiger partial charge in [-0.1, -0.05) is 63.2 Å². The fraction of sp³-hybridized carbons (Fsp3) is 0.553. The molecule has 0 aliphatic heterocycles. The van der Waals surface area contributed by atoms with Gasteiger partial charge in [-0.2, -0.15) is 0 Å². The molecule has 7 rings (SSSR count). The average molecular weight is 696 g/mol. The van der Waals surface area contributed by atoms with E-state index in [9.17, 15) is 14.7 Å². The van der Waals surface area contributed by atoms with Gasteiger partial charge in [-0.15, -0.1) is 11.7 Å². The molecule has 3 heterocycles. The predicted molar refractivity (Wildman–Crippen MR) is 192 cm³/mol. The Bertz CT molecular complexity index is 1940. The molecule has 4 N–H and O–H groups in total. The number of esters is 1. The van der Waals surface area contributed by atoms with Crippen LogP contribution in [0.5, 0.6) is 0 Å². The van der Waals surface area contributed by atoms with Crippen LogP contribution in [0.2, 0.25) is 0 Å². The number of benzene rings is 1. The van der Waals surface area contributed by atoms with Gasteiger partial charge < -0.3 is 25.5 Å². The molecule has 0 unspecified atom stereocenters. The highest BCUT2D eigenvalue weighted by Gasteiger charge is 2.68. The van der Waals surface area contributed by atoms with E-state index in [2.05, 4.69) is 57.9 Å². The monoisotopic (exact) mass is 695 g/mol. The molecular weight excluding hydrogens is 646 g/mol. The number of fused-ring (bicyclic) bond motifs is 1. The fourth-order valence-electron chi connectivity index (χ4n) is 9.63. The summed E-state index contributed by atoms with van der Waals surface area (Å²) in [5, 5.41) is 23.6. The average Bonchev–Trinajstić information content (AvgIpc) is 3.86. The van der Waals surface area contributed by atoms with Crippen molar-refractivity contribution < 1.29 is 19.4 Å². The molecule has 2 bridgehead atoms. The number of Topliss-reactive ketones (excluding diaryl/α,β-unsaturated/α-hetero) is 1. The van der Waals surface area contributed by atoms with Crippen LogP contribution in [0.3, 0.4) is 0 Å². The summed E-state index contributed by atoms with van der Waals surface area (Å²) in [5.41, 5.74) is 7.98. The molecule has 0 radical (unpaired) electrons. The number of nitrogens with two attached hydrogens (primary N) is 1. The summed E-state index contributed by atoms with van der Waals surface area (Å²) >= 11 is 0. The first kappa shape index (κ1) is 34.9. The Kier molecular flexibility index (Phi) is 9.07. The first-order valence-corrected chi connectivity index (χ1v) is 18.1. The van der Waals surface area contributed by atoms with E-state index in [1.165, 1.54) is 11.0 Å². The lowest BCUT2D eigenvalue weighted by Crippen LogP contribution is -2.63. The Labute approximate surface area is 298 Å². The van der Waals surface area contributed by atoms with Gasteiger partial charge in [0.2, 0.25) is 0 Å². The van der Waals surface area contributed by atoms with Crippen molar-refractivity contribution in [3.05, 3.63) is 61.3 Å². The number of imidazole rings is 1. The predicted octanol–water partition coefficient (Wildman–Crippen LogP) is 4.41. The van der Waals surface area contributed by atoms with Crippen molar-refractivity contribution in [1.82, 2.24) is 34.5 Å². The van der Waals surface area contributed by atoms with Gasteiger partial charge in [-0.3, -0.25) is 9.59 Å². The number of nitrogens with one attached hydrogen (secondary N) is 1. The van der Waals surface area contributed by atoms with Crippen LogP contribution < -0.4 is 11.1 Å². The molecule has 13 nitrogen and oxygen atoms in total. The maximum Gasteiger partial charge on any atom is 0.328 e. The summed E-state index contributed by atoms with van der Waals surface area (Å²) in [7, 11) is 0. The molecule has 3 aliphatic carbocycles. The zero-order valence-electron chi connectivity index (χ0n) is 30.0. The third kappa shape index (κ3) is 5.84. The first-order valence-electron chi connectivity index (χ1n) is 18.1. The SMILES string of the molecule is C=C[C@]1(C)C[C@@H](OC(=O)Cn2cc(-c3ccc(Cn4cnc5c(NCCN)ncnc54)cc3)nn2)[C@]2(C)[C@H](C)CC[C@]3(CCC(=O)[C@H]32)[C@@H](C)[C@@H]1O. The van der Waals surface area contributed by atoms with Crippen LogP contribution in [-0.2, 0) is 27.4 Å². The van der Waals surface area contributed by atoms with Crippen LogP contribution in [0, 0.1) is 34.0 Å². The minimum absolute atomic E-state index is 0.0827. The molecule has 0 spiro atoms. The Morgan fingerprint density at radius 1 is 1.18 bits per heavy atom. The molecule has 270 valence electrons. The second-order valence-electron chi connectivity index (χ2n) is 15.5. The number of hydrogen-bond donors (Lipinski definition) is 3. The van der Waals surface area contributed by atoms with Gasteiger partial charge in [-0.05, 0) is 48.5 Å². The lowest BCUT2D eigenvalue weighted by Gasteiger charge is -2.61. The second-order valence-corrected chi connectivity index (χ2v) is 15.5. The largest absolute Gasteiger partial charge is 0.460 e. The van der Waals surface area contributed by atoms with Gasteiger partial charge in [-0.25, -0.2) is 19.6 Å². The highest BCUT2D eigenvalue weighted by Crippen LogP contribution is 2.68. The number of aliphatic hydroxyl groups excluding tert-OH is 1. The molecule has 3 saturated carbocycles. The summed E-state index contributed by atoms with van der Waals surface area (Å²) in [6.45, 7) is 14.0. The third-order valence-corrected chi connectivity index (χ3v) is 12.8. The molecule has 4 aromatic rings. The van der Waals surface area contributed by atoms with Crippen molar-refractivity contribution in [3.8, 4) is 11.3 Å². The number of carbonyl (C=O) groups excluding carboxylic acids is 2. The molecule has 3 aliphatic rings. The standard InChI is InChI=1S/C38H49N9O4/c1-6-36(4)17-29(37(5)23(2)11-13-38(24(3)33(36)50)14-12-28(48)32(37)38)51-30(49)20-47-19-27(44-45-47)26-9-7-25(8-10-26)18-46-22-43-31-34(40-16-15-39)41-21-42-35(31)46/h6-10,19,21-24,29,32-33,50H,1,11-18,20,39H2,2-5H3,(H,40,41,42)/t23-,24+,29-,32+,33+,36-,37+,38+/m1/s1. The lowest BCUT2D eigenvalue weighted by atomic mass is 9.44.